The fraction of sp³-hybridized carbons (Fsp3) is 0.125. The number of hydrogen-bond donors (Lipinski definition) is 1. The normalized spacial score (nSPS) is 10.7. The van der Waals surface area contributed by atoms with E-state index in [9.17, 15) is 5.11 Å². The molecule has 1 aromatic heterocycles. The number of benzene rings is 2. The van der Waals surface area contributed by atoms with Crippen molar-refractivity contribution in [2.24, 2.45) is 0 Å². The van der Waals surface area contributed by atoms with Crippen molar-refractivity contribution in [1.82, 2.24) is 15.0 Å². The highest BCUT2D eigenvalue weighted by Crippen LogP contribution is 2.20. The van der Waals surface area contributed by atoms with E-state index in [-0.39, 0.29) is 6.61 Å². The van der Waals surface area contributed by atoms with Gasteiger partial charge in [-0.3, -0.25) is 0 Å². The molecule has 3 rings (SSSR count). The first-order valence-electron chi connectivity index (χ1n) is 6.51. The maximum absolute atomic E-state index is 9.44. The molecule has 0 saturated heterocycles. The topological polar surface area (TPSA) is 50.9 Å². The summed E-state index contributed by atoms with van der Waals surface area (Å²) in [7, 11) is 0. The molecule has 4 nitrogen and oxygen atoms in total. The van der Waals surface area contributed by atoms with Crippen LogP contribution in [-0.2, 0) is 13.2 Å². The Morgan fingerprint density at radius 2 is 1.50 bits per heavy atom. The first-order chi connectivity index (χ1) is 9.86. The van der Waals surface area contributed by atoms with Crippen LogP contribution in [0.2, 0.25) is 0 Å². The third-order valence-electron chi connectivity index (χ3n) is 3.09. The zero-order chi connectivity index (χ0) is 13.8. The summed E-state index contributed by atoms with van der Waals surface area (Å²) in [5.41, 5.74) is 3.44. The molecular weight excluding hydrogens is 250 g/mol. The average Bonchev–Trinajstić information content (AvgIpc) is 2.92. The maximum atomic E-state index is 9.44. The molecule has 0 aliphatic heterocycles. The van der Waals surface area contributed by atoms with Crippen LogP contribution in [0.3, 0.4) is 0 Å². The van der Waals surface area contributed by atoms with Crippen molar-refractivity contribution in [3.63, 3.8) is 0 Å². The van der Waals surface area contributed by atoms with E-state index < -0.39 is 0 Å². The second-order valence-corrected chi connectivity index (χ2v) is 4.54. The van der Waals surface area contributed by atoms with Gasteiger partial charge in [0.2, 0.25) is 0 Å². The summed E-state index contributed by atoms with van der Waals surface area (Å²) < 4.78 is 0. The van der Waals surface area contributed by atoms with Crippen molar-refractivity contribution < 1.29 is 5.11 Å². The zero-order valence-electron chi connectivity index (χ0n) is 11.0. The first-order valence-corrected chi connectivity index (χ1v) is 6.51. The second kappa shape index (κ2) is 5.67. The van der Waals surface area contributed by atoms with Crippen LogP contribution >= 0.6 is 0 Å². The van der Waals surface area contributed by atoms with Gasteiger partial charge in [0.25, 0.3) is 0 Å². The van der Waals surface area contributed by atoms with E-state index in [1.807, 2.05) is 60.7 Å². The molecule has 0 aliphatic rings. The van der Waals surface area contributed by atoms with Gasteiger partial charge in [0.1, 0.15) is 11.4 Å². The molecule has 0 atom stereocenters. The molecule has 1 heterocycles. The van der Waals surface area contributed by atoms with E-state index >= 15 is 0 Å². The fourth-order valence-electron chi connectivity index (χ4n) is 2.13. The standard InChI is InChI=1S/C16H15N3O/c20-12-15-16(14-9-5-2-6-10-14)18-19(17-15)11-13-7-3-1-4-8-13/h1-10,20H,11-12H2. The molecule has 0 amide bonds. The second-order valence-electron chi connectivity index (χ2n) is 4.54. The molecule has 1 N–H and O–H groups in total. The number of aliphatic hydroxyl groups is 1. The van der Waals surface area contributed by atoms with Crippen LogP contribution in [0.25, 0.3) is 11.3 Å². The Kier molecular flexibility index (Phi) is 3.56. The van der Waals surface area contributed by atoms with Gasteiger partial charge in [0.05, 0.1) is 13.2 Å². The Balaban J connectivity index is 1.93. The molecule has 0 spiro atoms. The smallest absolute Gasteiger partial charge is 0.118 e. The Morgan fingerprint density at radius 3 is 2.15 bits per heavy atom. The summed E-state index contributed by atoms with van der Waals surface area (Å²) in [5, 5.41) is 18.3. The number of aromatic nitrogens is 3. The first kappa shape index (κ1) is 12.6. The predicted molar refractivity (Wildman–Crippen MR) is 76.9 cm³/mol. The zero-order valence-corrected chi connectivity index (χ0v) is 11.0. The van der Waals surface area contributed by atoms with Crippen LogP contribution in [0.5, 0.6) is 0 Å². The highest BCUT2D eigenvalue weighted by Gasteiger charge is 2.12. The summed E-state index contributed by atoms with van der Waals surface area (Å²) in [6.07, 6.45) is 0. The van der Waals surface area contributed by atoms with Gasteiger partial charge in [-0.15, -0.1) is 0 Å². The number of nitrogens with zero attached hydrogens (tertiary/aromatic N) is 3. The molecule has 0 saturated carbocycles. The molecule has 100 valence electrons. The van der Waals surface area contributed by atoms with E-state index in [1.165, 1.54) is 0 Å². The third kappa shape index (κ3) is 2.60. The SMILES string of the molecule is OCc1nn(Cc2ccccc2)nc1-c1ccccc1. The lowest BCUT2D eigenvalue weighted by molar-refractivity contribution is 0.276. The van der Waals surface area contributed by atoms with Crippen LogP contribution in [0.1, 0.15) is 11.3 Å². The number of hydrogen-bond acceptors (Lipinski definition) is 3. The van der Waals surface area contributed by atoms with Crippen molar-refractivity contribution in [1.29, 1.82) is 0 Å². The highest BCUT2D eigenvalue weighted by molar-refractivity contribution is 5.60. The predicted octanol–water partition coefficient (Wildman–Crippen LogP) is 2.49. The Bertz CT molecular complexity index is 677. The molecular formula is C16H15N3O. The van der Waals surface area contributed by atoms with Crippen LogP contribution in [0.4, 0.5) is 0 Å². The molecule has 0 fully saturated rings. The quantitative estimate of drug-likeness (QED) is 0.788. The monoisotopic (exact) mass is 265 g/mol. The number of aliphatic hydroxyl groups excluding tert-OH is 1. The van der Waals surface area contributed by atoms with Gasteiger partial charge in [0, 0.05) is 5.56 Å². The summed E-state index contributed by atoms with van der Waals surface area (Å²) in [6, 6.07) is 19.8. The van der Waals surface area contributed by atoms with Crippen LogP contribution in [0, 0.1) is 0 Å². The lowest BCUT2D eigenvalue weighted by atomic mass is 10.1. The molecule has 0 unspecified atom stereocenters. The van der Waals surface area contributed by atoms with Crippen molar-refractivity contribution in [2.45, 2.75) is 13.2 Å². The van der Waals surface area contributed by atoms with E-state index in [0.29, 0.717) is 12.2 Å². The lowest BCUT2D eigenvalue weighted by Gasteiger charge is -1.99. The molecule has 4 heteroatoms. The van der Waals surface area contributed by atoms with Gasteiger partial charge < -0.3 is 5.11 Å². The average molecular weight is 265 g/mol. The van der Waals surface area contributed by atoms with Crippen LogP contribution < -0.4 is 0 Å². The summed E-state index contributed by atoms with van der Waals surface area (Å²) in [5.74, 6) is 0. The molecule has 0 bridgehead atoms. The minimum absolute atomic E-state index is 0.112. The van der Waals surface area contributed by atoms with Crippen molar-refractivity contribution in [3.8, 4) is 11.3 Å². The molecule has 0 radical (unpaired) electrons. The van der Waals surface area contributed by atoms with E-state index in [4.69, 9.17) is 0 Å². The van der Waals surface area contributed by atoms with Gasteiger partial charge in [-0.25, -0.2) is 0 Å². The molecule has 20 heavy (non-hydrogen) atoms. The molecule has 0 aliphatic carbocycles. The van der Waals surface area contributed by atoms with Crippen molar-refractivity contribution in [3.05, 3.63) is 71.9 Å². The largest absolute Gasteiger partial charge is 0.390 e. The molecule has 2 aromatic carbocycles. The van der Waals surface area contributed by atoms with E-state index in [2.05, 4.69) is 10.2 Å². The number of rotatable bonds is 4. The Hall–Kier alpha value is -2.46. The summed E-state index contributed by atoms with van der Waals surface area (Å²) in [6.45, 7) is 0.486. The lowest BCUT2D eigenvalue weighted by Crippen LogP contribution is -2.04. The Morgan fingerprint density at radius 1 is 0.850 bits per heavy atom. The van der Waals surface area contributed by atoms with Gasteiger partial charge in [0.15, 0.2) is 0 Å². The van der Waals surface area contributed by atoms with Gasteiger partial charge in [-0.2, -0.15) is 15.0 Å². The molecule has 3 aromatic rings. The van der Waals surface area contributed by atoms with E-state index in [1.54, 1.807) is 4.80 Å². The minimum Gasteiger partial charge on any atom is -0.390 e. The summed E-state index contributed by atoms with van der Waals surface area (Å²) in [4.78, 5) is 1.63. The van der Waals surface area contributed by atoms with Crippen molar-refractivity contribution >= 4 is 0 Å². The van der Waals surface area contributed by atoms with Crippen LogP contribution in [-0.4, -0.2) is 20.1 Å². The van der Waals surface area contributed by atoms with Gasteiger partial charge in [-0.05, 0) is 5.56 Å². The minimum atomic E-state index is -0.112. The van der Waals surface area contributed by atoms with Crippen LogP contribution in [0.15, 0.2) is 60.7 Å². The van der Waals surface area contributed by atoms with Gasteiger partial charge in [-0.1, -0.05) is 60.7 Å². The highest BCUT2D eigenvalue weighted by atomic mass is 16.3. The van der Waals surface area contributed by atoms with Crippen molar-refractivity contribution in [2.75, 3.05) is 0 Å². The van der Waals surface area contributed by atoms with Gasteiger partial charge >= 0.3 is 0 Å². The fourth-order valence-corrected chi connectivity index (χ4v) is 2.13. The third-order valence-corrected chi connectivity index (χ3v) is 3.09. The van der Waals surface area contributed by atoms with E-state index in [0.717, 1.165) is 16.8 Å². The maximum Gasteiger partial charge on any atom is 0.118 e. The Labute approximate surface area is 117 Å². The summed E-state index contributed by atoms with van der Waals surface area (Å²) >= 11 is 0.